The Morgan fingerprint density at radius 2 is 2.05 bits per heavy atom. The minimum Gasteiger partial charge on any atom is -0.394 e. The Balaban J connectivity index is 2.04. The van der Waals surface area contributed by atoms with Crippen LogP contribution in [0.3, 0.4) is 0 Å². The van der Waals surface area contributed by atoms with Crippen molar-refractivity contribution in [2.24, 2.45) is 11.8 Å². The monoisotopic (exact) mass is 368 g/mol. The molecule has 1 N–H and O–H groups in total. The number of aliphatic hydroxyl groups is 1. The fraction of sp³-hybridized carbons (Fsp3) is 0.467. The number of aromatic nitrogens is 2. The van der Waals surface area contributed by atoms with Gasteiger partial charge >= 0.3 is 5.69 Å². The maximum Gasteiger partial charge on any atom is 0.337 e. The number of fused-ring (bicyclic) bond motifs is 1. The largest absolute Gasteiger partial charge is 0.394 e. The molecule has 0 saturated carbocycles. The minimum absolute atomic E-state index is 0.0683. The molecule has 1 aromatic heterocycles. The smallest absolute Gasteiger partial charge is 0.337 e. The van der Waals surface area contributed by atoms with E-state index >= 15 is 0 Å². The van der Waals surface area contributed by atoms with Gasteiger partial charge in [-0.3, -0.25) is 9.36 Å². The first-order chi connectivity index (χ1) is 10.7. The molecule has 1 fully saturated rings. The van der Waals surface area contributed by atoms with Gasteiger partial charge in [-0.2, -0.15) is 0 Å². The Kier molecular flexibility index (Phi) is 4.46. The molecule has 4 atom stereocenters. The van der Waals surface area contributed by atoms with Crippen molar-refractivity contribution < 1.29 is 9.84 Å². The van der Waals surface area contributed by atoms with Crippen molar-refractivity contribution in [3.63, 3.8) is 0 Å². The van der Waals surface area contributed by atoms with E-state index in [0.717, 1.165) is 17.4 Å². The molecule has 2 heterocycles. The van der Waals surface area contributed by atoms with Gasteiger partial charge in [0.2, 0.25) is 0 Å². The van der Waals surface area contributed by atoms with E-state index in [1.165, 1.54) is 28.0 Å². The summed E-state index contributed by atoms with van der Waals surface area (Å²) in [4.78, 5) is 25.8. The summed E-state index contributed by atoms with van der Waals surface area (Å²) in [6, 6.07) is 1.34. The lowest BCUT2D eigenvalue weighted by Crippen LogP contribution is -2.39. The number of aliphatic hydroxyl groups excluding tert-OH is 1. The van der Waals surface area contributed by atoms with Gasteiger partial charge < -0.3 is 9.84 Å². The molecule has 3 rings (SSSR count). The van der Waals surface area contributed by atoms with Gasteiger partial charge in [0.25, 0.3) is 5.56 Å². The highest BCUT2D eigenvalue weighted by Gasteiger charge is 2.45. The highest BCUT2D eigenvalue weighted by Crippen LogP contribution is 2.44. The van der Waals surface area contributed by atoms with E-state index in [2.05, 4.69) is 28.1 Å². The maximum absolute atomic E-state index is 12.5. The quantitative estimate of drug-likeness (QED) is 0.816. The fourth-order valence-corrected chi connectivity index (χ4v) is 3.57. The number of halogens is 1. The van der Waals surface area contributed by atoms with Crippen molar-refractivity contribution in [1.29, 1.82) is 0 Å². The fourth-order valence-electron chi connectivity index (χ4n) is 3.34. The Morgan fingerprint density at radius 3 is 2.73 bits per heavy atom. The number of ether oxygens (including phenoxy) is 1. The van der Waals surface area contributed by atoms with E-state index in [9.17, 15) is 14.7 Å². The summed E-state index contributed by atoms with van der Waals surface area (Å²) < 4.78 is 8.39. The molecule has 118 valence electrons. The molecule has 0 unspecified atom stereocenters. The molecule has 22 heavy (non-hydrogen) atoms. The van der Waals surface area contributed by atoms with Crippen LogP contribution in [0.15, 0.2) is 39.0 Å². The number of allylic oxidation sites excluding steroid dienone is 2. The molecule has 6 nitrogen and oxygen atoms in total. The second-order valence-corrected chi connectivity index (χ2v) is 6.04. The van der Waals surface area contributed by atoms with Crippen molar-refractivity contribution in [2.75, 3.05) is 6.61 Å². The molecule has 7 heteroatoms. The zero-order chi connectivity index (χ0) is 15.7. The van der Waals surface area contributed by atoms with Crippen LogP contribution < -0.4 is 11.2 Å². The molecule has 0 bridgehead atoms. The SMILES string of the molecule is O=c1ccn([C@@H]2O[C@H](CO)[C@H]3CC=CC[C@H]32)c(=O)n1/C=C/Br. The Labute approximate surface area is 135 Å². The molecule has 2 aliphatic rings. The zero-order valence-corrected chi connectivity index (χ0v) is 13.4. The second-order valence-electron chi connectivity index (χ2n) is 5.51. The van der Waals surface area contributed by atoms with Gasteiger partial charge in [0.1, 0.15) is 6.23 Å². The third-order valence-corrected chi connectivity index (χ3v) is 4.63. The number of hydrogen-bond donors (Lipinski definition) is 1. The van der Waals surface area contributed by atoms with E-state index in [0.29, 0.717) is 0 Å². The molecule has 0 spiro atoms. The van der Waals surface area contributed by atoms with Gasteiger partial charge in [-0.05, 0) is 23.7 Å². The normalized spacial score (nSPS) is 30.8. The van der Waals surface area contributed by atoms with Crippen molar-refractivity contribution >= 4 is 22.1 Å². The lowest BCUT2D eigenvalue weighted by atomic mass is 9.81. The van der Waals surface area contributed by atoms with Crippen LogP contribution in [0.4, 0.5) is 0 Å². The summed E-state index contributed by atoms with van der Waals surface area (Å²) >= 11 is 3.08. The van der Waals surface area contributed by atoms with Crippen LogP contribution in [0.5, 0.6) is 0 Å². The summed E-state index contributed by atoms with van der Waals surface area (Å²) in [7, 11) is 0. The Hall–Kier alpha value is -1.44. The summed E-state index contributed by atoms with van der Waals surface area (Å²) in [5.74, 6) is 0.317. The summed E-state index contributed by atoms with van der Waals surface area (Å²) in [5, 5.41) is 9.51. The third kappa shape index (κ3) is 2.53. The molecule has 0 amide bonds. The molecular weight excluding hydrogens is 352 g/mol. The van der Waals surface area contributed by atoms with E-state index < -0.39 is 17.5 Å². The molecule has 1 saturated heterocycles. The average Bonchev–Trinajstić information content (AvgIpc) is 2.90. The van der Waals surface area contributed by atoms with Crippen LogP contribution in [-0.4, -0.2) is 27.0 Å². The van der Waals surface area contributed by atoms with E-state index in [1.54, 1.807) is 0 Å². The lowest BCUT2D eigenvalue weighted by molar-refractivity contribution is -0.0391. The van der Waals surface area contributed by atoms with Gasteiger partial charge in [-0.25, -0.2) is 9.36 Å². The van der Waals surface area contributed by atoms with Crippen molar-refractivity contribution in [3.8, 4) is 0 Å². The average molecular weight is 369 g/mol. The second kappa shape index (κ2) is 6.36. The zero-order valence-electron chi connectivity index (χ0n) is 11.8. The van der Waals surface area contributed by atoms with Gasteiger partial charge in [-0.15, -0.1) is 0 Å². The predicted octanol–water partition coefficient (Wildman–Crippen LogP) is 1.31. The van der Waals surface area contributed by atoms with Crippen molar-refractivity contribution in [3.05, 3.63) is 50.2 Å². The molecule has 1 aliphatic carbocycles. The van der Waals surface area contributed by atoms with Crippen LogP contribution in [0, 0.1) is 11.8 Å². The highest BCUT2D eigenvalue weighted by atomic mass is 79.9. The predicted molar refractivity (Wildman–Crippen MR) is 85.6 cm³/mol. The number of nitrogens with zero attached hydrogens (tertiary/aromatic N) is 2. The first-order valence-corrected chi connectivity index (χ1v) is 8.11. The molecule has 0 aromatic carbocycles. The first-order valence-electron chi connectivity index (χ1n) is 7.19. The van der Waals surface area contributed by atoms with Crippen molar-refractivity contribution in [2.45, 2.75) is 25.2 Å². The van der Waals surface area contributed by atoms with Crippen LogP contribution in [0.25, 0.3) is 6.20 Å². The molecule has 1 aromatic rings. The van der Waals surface area contributed by atoms with Gasteiger partial charge in [-0.1, -0.05) is 28.1 Å². The number of rotatable bonds is 3. The van der Waals surface area contributed by atoms with Gasteiger partial charge in [0, 0.05) is 24.4 Å². The summed E-state index contributed by atoms with van der Waals surface area (Å²) in [6.07, 6.45) is 7.91. The first kappa shape index (κ1) is 15.5. The molecular formula is C15H17BrN2O4. The summed E-state index contributed by atoms with van der Waals surface area (Å²) in [5.41, 5.74) is -0.839. The van der Waals surface area contributed by atoms with E-state index in [-0.39, 0.29) is 24.5 Å². The van der Waals surface area contributed by atoms with E-state index in [1.807, 2.05) is 0 Å². The Morgan fingerprint density at radius 1 is 1.32 bits per heavy atom. The highest BCUT2D eigenvalue weighted by molar-refractivity contribution is 9.11. The lowest BCUT2D eigenvalue weighted by Gasteiger charge is -2.25. The van der Waals surface area contributed by atoms with Crippen LogP contribution in [0.2, 0.25) is 0 Å². The van der Waals surface area contributed by atoms with Gasteiger partial charge in [0.05, 0.1) is 12.7 Å². The van der Waals surface area contributed by atoms with Crippen LogP contribution >= 0.6 is 15.9 Å². The van der Waals surface area contributed by atoms with E-state index in [4.69, 9.17) is 4.74 Å². The molecule has 0 radical (unpaired) electrons. The third-order valence-electron chi connectivity index (χ3n) is 4.39. The van der Waals surface area contributed by atoms with Crippen LogP contribution in [-0.2, 0) is 4.74 Å². The number of hydrogen-bond acceptors (Lipinski definition) is 4. The van der Waals surface area contributed by atoms with Crippen molar-refractivity contribution in [1.82, 2.24) is 9.13 Å². The maximum atomic E-state index is 12.5. The Bertz CT molecular complexity index is 721. The van der Waals surface area contributed by atoms with Gasteiger partial charge in [0.15, 0.2) is 0 Å². The van der Waals surface area contributed by atoms with Crippen LogP contribution in [0.1, 0.15) is 19.1 Å². The standard InChI is InChI=1S/C15H17BrN2O4/c16-6-8-17-13(20)5-7-18(15(17)21)14-11-4-2-1-3-10(11)12(9-19)22-14/h1-2,5-8,10-12,14,19H,3-4,9H2/b8-6+/t10-,11+,12+,14+/m0/s1. The summed E-state index contributed by atoms with van der Waals surface area (Å²) in [6.45, 7) is -0.0683. The minimum atomic E-state index is -0.463. The molecule has 1 aliphatic heterocycles. The topological polar surface area (TPSA) is 73.5 Å².